The number of nitro groups is 1. The maximum Gasteiger partial charge on any atom is 0.273 e. The molecule has 0 amide bonds. The van der Waals surface area contributed by atoms with Gasteiger partial charge in [-0.2, -0.15) is 4.98 Å². The highest BCUT2D eigenvalue weighted by atomic mass is 79.9. The van der Waals surface area contributed by atoms with Crippen molar-refractivity contribution in [3.8, 4) is 11.6 Å². The third-order valence-corrected chi connectivity index (χ3v) is 3.21. The smallest absolute Gasteiger partial charge is 0.273 e. The molecule has 1 aromatic carbocycles. The number of non-ortho nitro benzene ring substituents is 1. The minimum atomic E-state index is -0.457. The van der Waals surface area contributed by atoms with Crippen LogP contribution in [-0.2, 0) is 0 Å². The first-order chi connectivity index (χ1) is 9.86. The molecule has 0 saturated heterocycles. The highest BCUT2D eigenvalue weighted by Gasteiger charge is 2.13. The number of nitro benzene ring substituents is 1. The second-order valence-corrected chi connectivity index (χ2v) is 5.66. The Labute approximate surface area is 130 Å². The summed E-state index contributed by atoms with van der Waals surface area (Å²) >= 11 is 3.31. The van der Waals surface area contributed by atoms with Gasteiger partial charge in [-0.1, -0.05) is 13.8 Å². The zero-order valence-corrected chi connectivity index (χ0v) is 13.4. The molecule has 0 saturated carbocycles. The first-order valence-electron chi connectivity index (χ1n) is 6.34. The summed E-state index contributed by atoms with van der Waals surface area (Å²) < 4.78 is 6.30. The molecule has 0 N–H and O–H groups in total. The van der Waals surface area contributed by atoms with E-state index in [1.54, 1.807) is 12.1 Å². The molecule has 110 valence electrons. The van der Waals surface area contributed by atoms with Crippen LogP contribution >= 0.6 is 15.9 Å². The SMILES string of the molecule is Cc1ccc([N+](=O)[O-])cc1Oc1cc(Br)nc(C(C)C)n1. The molecule has 2 rings (SSSR count). The Bertz CT molecular complexity index is 689. The maximum absolute atomic E-state index is 10.8. The molecule has 0 radical (unpaired) electrons. The second-order valence-electron chi connectivity index (χ2n) is 4.85. The van der Waals surface area contributed by atoms with Gasteiger partial charge < -0.3 is 4.74 Å². The van der Waals surface area contributed by atoms with Crippen molar-refractivity contribution in [3.05, 3.63) is 50.4 Å². The molecule has 2 aromatic rings. The minimum absolute atomic E-state index is 0.0206. The standard InChI is InChI=1S/C14H14BrN3O3/c1-8(2)14-16-12(15)7-13(17-14)21-11-6-10(18(19)20)5-4-9(11)3/h4-8H,1-3H3. The first-order valence-corrected chi connectivity index (χ1v) is 7.13. The summed E-state index contributed by atoms with van der Waals surface area (Å²) in [6.07, 6.45) is 0. The fourth-order valence-electron chi connectivity index (χ4n) is 1.65. The average molecular weight is 352 g/mol. The summed E-state index contributed by atoms with van der Waals surface area (Å²) in [5.74, 6) is 1.55. The van der Waals surface area contributed by atoms with E-state index in [1.165, 1.54) is 12.1 Å². The Balaban J connectivity index is 2.38. The lowest BCUT2D eigenvalue weighted by Crippen LogP contribution is -2.00. The summed E-state index contributed by atoms with van der Waals surface area (Å²) in [6.45, 7) is 5.77. The number of ether oxygens (including phenoxy) is 1. The second kappa shape index (κ2) is 6.17. The summed E-state index contributed by atoms with van der Waals surface area (Å²) in [6, 6.07) is 6.11. The van der Waals surface area contributed by atoms with Gasteiger partial charge in [-0.3, -0.25) is 10.1 Å². The lowest BCUT2D eigenvalue weighted by atomic mass is 10.2. The Morgan fingerprint density at radius 2 is 2.00 bits per heavy atom. The van der Waals surface area contributed by atoms with Crippen LogP contribution in [0.5, 0.6) is 11.6 Å². The number of benzene rings is 1. The topological polar surface area (TPSA) is 78.2 Å². The number of halogens is 1. The molecule has 0 unspecified atom stereocenters. The van der Waals surface area contributed by atoms with Crippen molar-refractivity contribution in [2.75, 3.05) is 0 Å². The van der Waals surface area contributed by atoms with Crippen molar-refractivity contribution in [1.82, 2.24) is 9.97 Å². The fraction of sp³-hybridized carbons (Fsp3) is 0.286. The molecule has 1 heterocycles. The van der Waals surface area contributed by atoms with E-state index in [2.05, 4.69) is 25.9 Å². The normalized spacial score (nSPS) is 10.7. The van der Waals surface area contributed by atoms with E-state index in [4.69, 9.17) is 4.74 Å². The lowest BCUT2D eigenvalue weighted by Gasteiger charge is -2.10. The molecule has 0 spiro atoms. The van der Waals surface area contributed by atoms with Gasteiger partial charge in [0.2, 0.25) is 5.88 Å². The number of nitrogens with zero attached hydrogens (tertiary/aromatic N) is 3. The van der Waals surface area contributed by atoms with Crippen molar-refractivity contribution in [3.63, 3.8) is 0 Å². The van der Waals surface area contributed by atoms with Crippen LogP contribution in [0.1, 0.15) is 31.2 Å². The number of aryl methyl sites for hydroxylation is 1. The van der Waals surface area contributed by atoms with Gasteiger partial charge in [0.25, 0.3) is 5.69 Å². The molecule has 0 fully saturated rings. The molecule has 7 heteroatoms. The van der Waals surface area contributed by atoms with E-state index >= 15 is 0 Å². The van der Waals surface area contributed by atoms with Crippen LogP contribution in [0.3, 0.4) is 0 Å². The fourth-order valence-corrected chi connectivity index (χ4v) is 2.03. The van der Waals surface area contributed by atoms with Gasteiger partial charge >= 0.3 is 0 Å². The number of rotatable bonds is 4. The Morgan fingerprint density at radius 1 is 1.29 bits per heavy atom. The largest absolute Gasteiger partial charge is 0.438 e. The zero-order valence-electron chi connectivity index (χ0n) is 11.8. The molecular weight excluding hydrogens is 338 g/mol. The molecule has 0 bridgehead atoms. The quantitative estimate of drug-likeness (QED) is 0.464. The molecule has 0 aliphatic carbocycles. The molecule has 0 aliphatic rings. The summed E-state index contributed by atoms with van der Waals surface area (Å²) in [4.78, 5) is 18.9. The van der Waals surface area contributed by atoms with Crippen LogP contribution < -0.4 is 4.74 Å². The van der Waals surface area contributed by atoms with Gasteiger partial charge in [-0.15, -0.1) is 0 Å². The van der Waals surface area contributed by atoms with Gasteiger partial charge in [0, 0.05) is 18.1 Å². The van der Waals surface area contributed by atoms with Gasteiger partial charge in [-0.05, 0) is 34.5 Å². The Morgan fingerprint density at radius 3 is 2.62 bits per heavy atom. The van der Waals surface area contributed by atoms with Crippen molar-refractivity contribution in [1.29, 1.82) is 0 Å². The van der Waals surface area contributed by atoms with Crippen molar-refractivity contribution < 1.29 is 9.66 Å². The first kappa shape index (κ1) is 15.4. The van der Waals surface area contributed by atoms with E-state index < -0.39 is 4.92 Å². The third kappa shape index (κ3) is 3.75. The summed E-state index contributed by atoms with van der Waals surface area (Å²) in [7, 11) is 0. The molecular formula is C14H14BrN3O3. The molecule has 6 nitrogen and oxygen atoms in total. The molecule has 21 heavy (non-hydrogen) atoms. The minimum Gasteiger partial charge on any atom is -0.438 e. The van der Waals surface area contributed by atoms with Crippen molar-refractivity contribution in [2.45, 2.75) is 26.7 Å². The predicted octanol–water partition coefficient (Wildman–Crippen LogP) is 4.37. The third-order valence-electron chi connectivity index (χ3n) is 2.80. The highest BCUT2D eigenvalue weighted by molar-refractivity contribution is 9.10. The number of hydrogen-bond acceptors (Lipinski definition) is 5. The van der Waals surface area contributed by atoms with Gasteiger partial charge in [-0.25, -0.2) is 4.98 Å². The van der Waals surface area contributed by atoms with E-state index in [1.807, 2.05) is 20.8 Å². The Kier molecular flexibility index (Phi) is 4.52. The zero-order chi connectivity index (χ0) is 15.6. The van der Waals surface area contributed by atoms with Crippen LogP contribution in [-0.4, -0.2) is 14.9 Å². The highest BCUT2D eigenvalue weighted by Crippen LogP contribution is 2.29. The monoisotopic (exact) mass is 351 g/mol. The predicted molar refractivity (Wildman–Crippen MR) is 81.7 cm³/mol. The van der Waals surface area contributed by atoms with Crippen LogP contribution in [0, 0.1) is 17.0 Å². The summed E-state index contributed by atoms with van der Waals surface area (Å²) in [5, 5.41) is 10.8. The van der Waals surface area contributed by atoms with Gasteiger partial charge in [0.1, 0.15) is 16.2 Å². The number of hydrogen-bond donors (Lipinski definition) is 0. The van der Waals surface area contributed by atoms with E-state index in [-0.39, 0.29) is 11.6 Å². The van der Waals surface area contributed by atoms with Gasteiger partial charge in [0.15, 0.2) is 0 Å². The average Bonchev–Trinajstić information content (AvgIpc) is 2.40. The summed E-state index contributed by atoms with van der Waals surface area (Å²) in [5.41, 5.74) is 0.772. The van der Waals surface area contributed by atoms with Crippen LogP contribution in [0.15, 0.2) is 28.9 Å². The number of aromatic nitrogens is 2. The molecule has 1 aromatic heterocycles. The Hall–Kier alpha value is -2.02. The molecule has 0 atom stereocenters. The van der Waals surface area contributed by atoms with E-state index in [9.17, 15) is 10.1 Å². The van der Waals surface area contributed by atoms with Crippen molar-refractivity contribution >= 4 is 21.6 Å². The van der Waals surface area contributed by atoms with E-state index in [0.717, 1.165) is 5.56 Å². The van der Waals surface area contributed by atoms with Gasteiger partial charge in [0.05, 0.1) is 11.0 Å². The van der Waals surface area contributed by atoms with E-state index in [0.29, 0.717) is 22.1 Å². The maximum atomic E-state index is 10.8. The lowest BCUT2D eigenvalue weighted by molar-refractivity contribution is -0.384. The van der Waals surface area contributed by atoms with Crippen LogP contribution in [0.25, 0.3) is 0 Å². The van der Waals surface area contributed by atoms with Crippen LogP contribution in [0.4, 0.5) is 5.69 Å². The molecule has 0 aliphatic heterocycles. The van der Waals surface area contributed by atoms with Crippen LogP contribution in [0.2, 0.25) is 0 Å². The van der Waals surface area contributed by atoms with Crippen molar-refractivity contribution in [2.24, 2.45) is 0 Å².